The number of hydrogen-bond acceptors (Lipinski definition) is 5. The monoisotopic (exact) mass is 156 g/mol. The van der Waals surface area contributed by atoms with Crippen LogP contribution in [0.5, 0.6) is 0 Å². The molecule has 11 heavy (non-hydrogen) atoms. The van der Waals surface area contributed by atoms with E-state index in [9.17, 15) is 14.6 Å². The lowest BCUT2D eigenvalue weighted by Crippen LogP contribution is -2.27. The Labute approximate surface area is 63.1 Å². The Hall–Kier alpha value is -1.13. The molecule has 0 N–H and O–H groups in total. The van der Waals surface area contributed by atoms with Crippen LogP contribution in [0.4, 0.5) is 0 Å². The van der Waals surface area contributed by atoms with E-state index in [1.807, 2.05) is 0 Å². The van der Waals surface area contributed by atoms with Crippen molar-refractivity contribution in [1.29, 1.82) is 0 Å². The van der Waals surface area contributed by atoms with E-state index < -0.39 is 12.1 Å². The number of hydrogen-bond donors (Lipinski definition) is 0. The maximum Gasteiger partial charge on any atom is 0.137 e. The van der Waals surface area contributed by atoms with Crippen LogP contribution in [0.1, 0.15) is 19.3 Å². The van der Waals surface area contributed by atoms with E-state index in [-0.39, 0.29) is 18.6 Å². The molecule has 0 aliphatic heterocycles. The molecule has 0 spiro atoms. The molecule has 0 saturated heterocycles. The molecule has 0 aromatic carbocycles. The van der Waals surface area contributed by atoms with Crippen molar-refractivity contribution in [2.24, 2.45) is 10.4 Å². The average Bonchev–Trinajstić information content (AvgIpc) is 2.03. The summed E-state index contributed by atoms with van der Waals surface area (Å²) >= 11 is 0. The first kappa shape index (κ1) is 7.97. The predicted octanol–water partition coefficient (Wildman–Crippen LogP) is 1.01. The molecule has 0 aromatic heterocycles. The summed E-state index contributed by atoms with van der Waals surface area (Å²) in [7, 11) is 0. The van der Waals surface area contributed by atoms with E-state index in [1.54, 1.807) is 0 Å². The molecule has 1 saturated carbocycles. The Morgan fingerprint density at radius 3 is 1.91 bits per heavy atom. The highest BCUT2D eigenvalue weighted by molar-refractivity contribution is 5.80. The molecule has 0 aromatic rings. The molecular formula is C6H8N2O3. The first-order chi connectivity index (χ1) is 5.26. The molecule has 1 aliphatic carbocycles. The van der Waals surface area contributed by atoms with Gasteiger partial charge in [-0.15, -0.1) is 0 Å². The second kappa shape index (κ2) is 3.32. The van der Waals surface area contributed by atoms with Crippen LogP contribution in [0.2, 0.25) is 0 Å². The molecule has 0 bridgehead atoms. The van der Waals surface area contributed by atoms with E-state index >= 15 is 0 Å². The van der Waals surface area contributed by atoms with Gasteiger partial charge in [-0.3, -0.25) is 4.79 Å². The highest BCUT2D eigenvalue weighted by Gasteiger charge is 2.28. The highest BCUT2D eigenvalue weighted by Crippen LogP contribution is 2.20. The van der Waals surface area contributed by atoms with Gasteiger partial charge >= 0.3 is 0 Å². The average molecular weight is 156 g/mol. The van der Waals surface area contributed by atoms with Gasteiger partial charge in [0.25, 0.3) is 0 Å². The van der Waals surface area contributed by atoms with Crippen molar-refractivity contribution in [3.63, 3.8) is 0 Å². The lowest BCUT2D eigenvalue weighted by molar-refractivity contribution is -0.120. The zero-order valence-corrected chi connectivity index (χ0v) is 5.90. The summed E-state index contributed by atoms with van der Waals surface area (Å²) < 4.78 is 0. The Kier molecular flexibility index (Phi) is 2.40. The number of carbonyl (C=O) groups excluding carboxylic acids is 1. The van der Waals surface area contributed by atoms with Crippen LogP contribution in [0, 0.1) is 9.81 Å². The SMILES string of the molecule is O=N[C@@H]1CC(=O)C[C@@H](N=O)C1. The van der Waals surface area contributed by atoms with Crippen LogP contribution in [0.3, 0.4) is 0 Å². The highest BCUT2D eigenvalue weighted by atomic mass is 16.3. The third-order valence-electron chi connectivity index (χ3n) is 1.77. The number of ketones is 1. The van der Waals surface area contributed by atoms with Gasteiger partial charge in [-0.1, -0.05) is 10.4 Å². The Bertz CT molecular complexity index is 174. The van der Waals surface area contributed by atoms with E-state index in [0.29, 0.717) is 6.42 Å². The van der Waals surface area contributed by atoms with Gasteiger partial charge < -0.3 is 0 Å². The van der Waals surface area contributed by atoms with E-state index in [1.165, 1.54) is 0 Å². The van der Waals surface area contributed by atoms with Gasteiger partial charge in [0.2, 0.25) is 0 Å². The number of nitrogens with zero attached hydrogens (tertiary/aromatic N) is 2. The second-order valence-corrected chi connectivity index (χ2v) is 2.70. The lowest BCUT2D eigenvalue weighted by atomic mass is 9.91. The molecule has 1 fully saturated rings. The number of rotatable bonds is 2. The second-order valence-electron chi connectivity index (χ2n) is 2.70. The largest absolute Gasteiger partial charge is 0.300 e. The smallest absolute Gasteiger partial charge is 0.137 e. The lowest BCUT2D eigenvalue weighted by Gasteiger charge is -2.17. The van der Waals surface area contributed by atoms with Crippen molar-refractivity contribution >= 4 is 5.78 Å². The molecule has 1 rings (SSSR count). The molecule has 5 heteroatoms. The van der Waals surface area contributed by atoms with Crippen LogP contribution < -0.4 is 0 Å². The van der Waals surface area contributed by atoms with E-state index in [2.05, 4.69) is 10.4 Å². The summed E-state index contributed by atoms with van der Waals surface area (Å²) in [6.45, 7) is 0. The van der Waals surface area contributed by atoms with Crippen LogP contribution >= 0.6 is 0 Å². The minimum absolute atomic E-state index is 0.0922. The van der Waals surface area contributed by atoms with Crippen molar-refractivity contribution in [1.82, 2.24) is 0 Å². The minimum Gasteiger partial charge on any atom is -0.300 e. The van der Waals surface area contributed by atoms with E-state index in [0.717, 1.165) is 0 Å². The molecule has 1 aliphatic rings. The zero-order valence-electron chi connectivity index (χ0n) is 5.90. The number of carbonyl (C=O) groups is 1. The van der Waals surface area contributed by atoms with Gasteiger partial charge in [-0.2, -0.15) is 9.81 Å². The third-order valence-corrected chi connectivity index (χ3v) is 1.77. The predicted molar refractivity (Wildman–Crippen MR) is 38.0 cm³/mol. The molecule has 0 unspecified atom stereocenters. The summed E-state index contributed by atoms with van der Waals surface area (Å²) in [6.07, 6.45) is 0.684. The van der Waals surface area contributed by atoms with Gasteiger partial charge in [0.1, 0.15) is 17.9 Å². The minimum atomic E-state index is -0.529. The van der Waals surface area contributed by atoms with Gasteiger partial charge in [0.15, 0.2) is 0 Å². The Balaban J connectivity index is 2.56. The third kappa shape index (κ3) is 1.89. The molecule has 0 amide bonds. The van der Waals surface area contributed by atoms with Gasteiger partial charge in [-0.05, 0) is 6.42 Å². The van der Waals surface area contributed by atoms with Gasteiger partial charge in [0, 0.05) is 12.8 Å². The molecule has 0 heterocycles. The van der Waals surface area contributed by atoms with Crippen LogP contribution in [0.15, 0.2) is 10.4 Å². The molecule has 60 valence electrons. The van der Waals surface area contributed by atoms with Crippen LogP contribution in [-0.4, -0.2) is 17.9 Å². The summed E-state index contributed by atoms with van der Waals surface area (Å²) in [4.78, 5) is 30.8. The molecule has 2 atom stereocenters. The van der Waals surface area contributed by atoms with E-state index in [4.69, 9.17) is 0 Å². The maximum atomic E-state index is 10.8. The van der Waals surface area contributed by atoms with Crippen molar-refractivity contribution in [3.8, 4) is 0 Å². The standard InChI is InChI=1S/C6H8N2O3/c9-6-2-4(7-10)1-5(3-6)8-11/h4-5H,1-3H2/t4-,5-/m0/s1. The zero-order chi connectivity index (χ0) is 8.27. The normalized spacial score (nSPS) is 31.5. The Morgan fingerprint density at radius 1 is 1.09 bits per heavy atom. The summed E-state index contributed by atoms with van der Waals surface area (Å²) in [5.74, 6) is -0.0922. The fourth-order valence-electron chi connectivity index (χ4n) is 1.25. The Morgan fingerprint density at radius 2 is 1.55 bits per heavy atom. The molecule has 5 nitrogen and oxygen atoms in total. The van der Waals surface area contributed by atoms with Gasteiger partial charge in [-0.25, -0.2) is 0 Å². The summed E-state index contributed by atoms with van der Waals surface area (Å²) in [5.41, 5.74) is 0. The van der Waals surface area contributed by atoms with Crippen LogP contribution in [0.25, 0.3) is 0 Å². The number of Topliss-reactive ketones (excluding diaryl/α,β-unsaturated/α-hetero) is 1. The fourth-order valence-corrected chi connectivity index (χ4v) is 1.25. The van der Waals surface area contributed by atoms with Crippen molar-refractivity contribution in [3.05, 3.63) is 9.81 Å². The van der Waals surface area contributed by atoms with Crippen molar-refractivity contribution in [2.75, 3.05) is 0 Å². The van der Waals surface area contributed by atoms with Gasteiger partial charge in [0.05, 0.1) is 0 Å². The topological polar surface area (TPSA) is 75.9 Å². The first-order valence-electron chi connectivity index (χ1n) is 3.43. The first-order valence-corrected chi connectivity index (χ1v) is 3.43. The number of nitroso groups, excluding NO2 is 2. The molecular weight excluding hydrogens is 148 g/mol. The molecule has 0 radical (unpaired) electrons. The van der Waals surface area contributed by atoms with Crippen molar-refractivity contribution in [2.45, 2.75) is 31.3 Å². The van der Waals surface area contributed by atoms with Crippen molar-refractivity contribution < 1.29 is 4.79 Å². The summed E-state index contributed by atoms with van der Waals surface area (Å²) in [5, 5.41) is 5.45. The maximum absolute atomic E-state index is 10.8. The summed E-state index contributed by atoms with van der Waals surface area (Å²) in [6, 6.07) is -1.06. The quantitative estimate of drug-likeness (QED) is 0.560. The fraction of sp³-hybridized carbons (Fsp3) is 0.833. The van der Waals surface area contributed by atoms with Crippen LogP contribution in [-0.2, 0) is 4.79 Å².